The molecule has 44 heavy (non-hydrogen) atoms. The van der Waals surface area contributed by atoms with Gasteiger partial charge in [-0.05, 0) is 75.2 Å². The van der Waals surface area contributed by atoms with E-state index >= 15 is 0 Å². The summed E-state index contributed by atoms with van der Waals surface area (Å²) in [6, 6.07) is 20.8. The lowest BCUT2D eigenvalue weighted by Crippen LogP contribution is -2.16. The highest BCUT2D eigenvalue weighted by molar-refractivity contribution is 7.59. The Bertz CT molecular complexity index is 1550. The van der Waals surface area contributed by atoms with E-state index in [2.05, 4.69) is 0 Å². The molecular weight excluding hydrogens is 614 g/mol. The molecule has 0 amide bonds. The summed E-state index contributed by atoms with van der Waals surface area (Å²) in [5.74, 6) is -2.26. The van der Waals surface area contributed by atoms with Gasteiger partial charge in [0.15, 0.2) is 0 Å². The van der Waals surface area contributed by atoms with Crippen molar-refractivity contribution >= 4 is 40.1 Å². The fourth-order valence-corrected chi connectivity index (χ4v) is 6.52. The highest BCUT2D eigenvalue weighted by Gasteiger charge is 2.41. The van der Waals surface area contributed by atoms with Gasteiger partial charge in [0, 0.05) is 0 Å². The molecule has 3 rings (SSSR count). The highest BCUT2D eigenvalue weighted by Crippen LogP contribution is 2.58. The first kappa shape index (κ1) is 33.6. The molecule has 0 saturated heterocycles. The molecule has 0 N–H and O–H groups in total. The molecule has 2 atom stereocenters. The third-order valence-corrected chi connectivity index (χ3v) is 9.10. The van der Waals surface area contributed by atoms with Crippen molar-refractivity contribution in [3.05, 3.63) is 118 Å². The number of para-hydroxylation sites is 2. The van der Waals surface area contributed by atoms with Crippen molar-refractivity contribution in [1.82, 2.24) is 0 Å². The Kier molecular flexibility index (Phi) is 11.4. The van der Waals surface area contributed by atoms with Crippen molar-refractivity contribution < 1.29 is 55.9 Å². The van der Waals surface area contributed by atoms with E-state index in [4.69, 9.17) is 27.6 Å². The monoisotopic (exact) mass is 642 g/mol. The number of rotatable bonds is 14. The van der Waals surface area contributed by atoms with Crippen molar-refractivity contribution in [1.29, 1.82) is 0 Å². The van der Waals surface area contributed by atoms with Crippen LogP contribution < -0.4 is 9.05 Å². The van der Waals surface area contributed by atoms with Gasteiger partial charge in [0.1, 0.15) is 11.5 Å². The second-order valence-electron chi connectivity index (χ2n) is 9.14. The Morgan fingerprint density at radius 3 is 1.16 bits per heavy atom. The molecule has 0 heterocycles. The zero-order valence-electron chi connectivity index (χ0n) is 24.0. The summed E-state index contributed by atoms with van der Waals surface area (Å²) in [5, 5.41) is 0. The second-order valence-corrected chi connectivity index (χ2v) is 12.7. The van der Waals surface area contributed by atoms with Gasteiger partial charge >= 0.3 is 40.1 Å². The van der Waals surface area contributed by atoms with Crippen LogP contribution in [0.5, 0.6) is 11.5 Å². The second kappa shape index (κ2) is 15.0. The van der Waals surface area contributed by atoms with E-state index < -0.39 is 38.1 Å². The van der Waals surface area contributed by atoms with Gasteiger partial charge < -0.3 is 27.6 Å². The lowest BCUT2D eigenvalue weighted by atomic mass is 10.1. The van der Waals surface area contributed by atoms with Crippen molar-refractivity contribution in [3.8, 4) is 11.5 Å². The fourth-order valence-electron chi connectivity index (χ4n) is 3.56. The SMILES string of the molecule is CC(C)=C(OC(=O)c1ccccc1C(=O)OC(=C(C)C)P(=O)(OC=O)Oc1ccccc1)P(=O)(OC=O)Oc1ccccc1. The molecule has 0 fully saturated rings. The summed E-state index contributed by atoms with van der Waals surface area (Å²) in [4.78, 5) is 49.3. The zero-order valence-corrected chi connectivity index (χ0v) is 25.8. The Morgan fingerprint density at radius 2 is 0.864 bits per heavy atom. The zero-order chi connectivity index (χ0) is 32.3. The van der Waals surface area contributed by atoms with Gasteiger partial charge in [0.05, 0.1) is 11.1 Å². The standard InChI is InChI=1S/C30H28O12P2/c1-21(2)29(43(35,37-19-31)41-23-13-7-5-8-14-23)39-27(33)25-17-11-12-18-26(25)28(34)40-30(22(3)4)44(36,38-20-32)42-24-15-9-6-10-16-24/h5-20H,1-4H3. The number of carbonyl (C=O) groups excluding carboxylic acids is 4. The van der Waals surface area contributed by atoms with Crippen molar-refractivity contribution in [3.63, 3.8) is 0 Å². The quantitative estimate of drug-likeness (QED) is 0.0744. The number of hydrogen-bond donors (Lipinski definition) is 0. The number of benzene rings is 3. The van der Waals surface area contributed by atoms with Crippen LogP contribution in [0.1, 0.15) is 48.4 Å². The minimum Gasteiger partial charge on any atom is -0.412 e. The van der Waals surface area contributed by atoms with Gasteiger partial charge in [-0.1, -0.05) is 48.5 Å². The van der Waals surface area contributed by atoms with E-state index in [1.807, 2.05) is 0 Å². The Balaban J connectivity index is 1.95. The minimum absolute atomic E-state index is 0.0606. The average Bonchev–Trinajstić information content (AvgIpc) is 2.99. The normalized spacial score (nSPS) is 13.0. The smallest absolute Gasteiger partial charge is 0.412 e. The molecule has 0 aromatic heterocycles. The van der Waals surface area contributed by atoms with Crippen molar-refractivity contribution in [2.24, 2.45) is 0 Å². The number of allylic oxidation sites excluding steroid dienone is 2. The van der Waals surface area contributed by atoms with Crippen LogP contribution in [0.2, 0.25) is 0 Å². The van der Waals surface area contributed by atoms with Crippen molar-refractivity contribution in [2.75, 3.05) is 0 Å². The van der Waals surface area contributed by atoms with E-state index in [1.165, 1.54) is 76.2 Å². The van der Waals surface area contributed by atoms with Crippen molar-refractivity contribution in [2.45, 2.75) is 27.7 Å². The Labute approximate surface area is 253 Å². The van der Waals surface area contributed by atoms with E-state index in [0.29, 0.717) is 0 Å². The maximum atomic E-state index is 13.7. The van der Waals surface area contributed by atoms with Crippen LogP contribution in [0, 0.1) is 0 Å². The van der Waals surface area contributed by atoms with E-state index in [-0.39, 0.29) is 46.7 Å². The molecule has 0 aliphatic rings. The van der Waals surface area contributed by atoms with Gasteiger partial charge in [-0.3, -0.25) is 9.59 Å². The summed E-state index contributed by atoms with van der Waals surface area (Å²) in [6.07, 6.45) is 0. The summed E-state index contributed by atoms with van der Waals surface area (Å²) < 4.78 is 58.6. The maximum Gasteiger partial charge on any atom is 0.500 e. The molecule has 0 aliphatic heterocycles. The summed E-state index contributed by atoms with van der Waals surface area (Å²) in [6.45, 7) is 5.55. The molecule has 3 aromatic rings. The van der Waals surface area contributed by atoms with Crippen LogP contribution in [0.4, 0.5) is 0 Å². The van der Waals surface area contributed by atoms with Crippen LogP contribution in [0.25, 0.3) is 0 Å². The third kappa shape index (κ3) is 8.34. The summed E-state index contributed by atoms with van der Waals surface area (Å²) in [7, 11) is -9.16. The Morgan fingerprint density at radius 1 is 0.545 bits per heavy atom. The first-order valence-corrected chi connectivity index (χ1v) is 15.9. The topological polar surface area (TPSA) is 158 Å². The van der Waals surface area contributed by atoms with E-state index in [0.717, 1.165) is 0 Å². The van der Waals surface area contributed by atoms with Crippen LogP contribution in [-0.4, -0.2) is 24.9 Å². The largest absolute Gasteiger partial charge is 0.500 e. The first-order chi connectivity index (χ1) is 20.9. The van der Waals surface area contributed by atoms with Crippen LogP contribution in [-0.2, 0) is 37.2 Å². The lowest BCUT2D eigenvalue weighted by Gasteiger charge is -2.21. The fraction of sp³-hybridized carbons (Fsp3) is 0.133. The molecule has 3 aromatic carbocycles. The summed E-state index contributed by atoms with van der Waals surface area (Å²) >= 11 is 0. The molecule has 0 saturated carbocycles. The molecule has 14 heteroatoms. The molecule has 230 valence electrons. The molecular formula is C30H28O12P2. The third-order valence-electron chi connectivity index (χ3n) is 5.40. The minimum atomic E-state index is -4.58. The van der Waals surface area contributed by atoms with E-state index in [1.54, 1.807) is 36.4 Å². The van der Waals surface area contributed by atoms with Crippen LogP contribution in [0.3, 0.4) is 0 Å². The van der Waals surface area contributed by atoms with Gasteiger partial charge in [0.2, 0.25) is 11.0 Å². The summed E-state index contributed by atoms with van der Waals surface area (Å²) in [5.41, 5.74) is -1.58. The molecule has 2 unspecified atom stereocenters. The number of carbonyl (C=O) groups is 4. The molecule has 0 radical (unpaired) electrons. The van der Waals surface area contributed by atoms with Gasteiger partial charge in [-0.2, -0.15) is 0 Å². The predicted molar refractivity (Wildman–Crippen MR) is 158 cm³/mol. The molecule has 0 aliphatic carbocycles. The molecule has 12 nitrogen and oxygen atoms in total. The maximum absolute atomic E-state index is 13.7. The number of ether oxygens (including phenoxy) is 2. The highest BCUT2D eigenvalue weighted by atomic mass is 31.2. The van der Waals surface area contributed by atoms with Crippen LogP contribution in [0.15, 0.2) is 107 Å². The van der Waals surface area contributed by atoms with Gasteiger partial charge in [-0.15, -0.1) is 0 Å². The molecule has 0 bridgehead atoms. The Hall–Kier alpha value is -4.92. The lowest BCUT2D eigenvalue weighted by molar-refractivity contribution is -0.122. The predicted octanol–water partition coefficient (Wildman–Crippen LogP) is 7.39. The first-order valence-electron chi connectivity index (χ1n) is 12.8. The van der Waals surface area contributed by atoms with E-state index in [9.17, 15) is 28.3 Å². The van der Waals surface area contributed by atoms with Gasteiger partial charge in [0.25, 0.3) is 0 Å². The number of hydrogen-bond acceptors (Lipinski definition) is 12. The average molecular weight is 642 g/mol. The number of esters is 2. The van der Waals surface area contributed by atoms with Gasteiger partial charge in [-0.25, -0.2) is 18.7 Å². The van der Waals surface area contributed by atoms with Crippen LogP contribution >= 0.6 is 15.2 Å². The molecule has 0 spiro atoms.